The number of ether oxygens (including phenoxy) is 1. The number of isocyanates is 1. The molecule has 0 radical (unpaired) electrons. The van der Waals surface area contributed by atoms with E-state index in [1.807, 2.05) is 13.8 Å². The van der Waals surface area contributed by atoms with Gasteiger partial charge in [-0.2, -0.15) is 4.99 Å². The number of rotatable bonds is 4. The molecule has 1 fully saturated rings. The molecular weight excluding hydrogens is 245 g/mol. The zero-order valence-corrected chi connectivity index (χ0v) is 11.5. The molecule has 0 saturated heterocycles. The van der Waals surface area contributed by atoms with Gasteiger partial charge in [-0.3, -0.25) is 0 Å². The van der Waals surface area contributed by atoms with E-state index in [0.717, 1.165) is 19.3 Å². The maximum atomic E-state index is 14.3. The third kappa shape index (κ3) is 2.28. The van der Waals surface area contributed by atoms with Crippen LogP contribution in [0.1, 0.15) is 50.2 Å². The highest BCUT2D eigenvalue weighted by Crippen LogP contribution is 2.46. The summed E-state index contributed by atoms with van der Waals surface area (Å²) in [6.07, 6.45) is 4.11. The van der Waals surface area contributed by atoms with Crippen molar-refractivity contribution in [2.24, 2.45) is 4.99 Å². The molecular formula is C15H18FNO2. The number of benzene rings is 1. The molecule has 19 heavy (non-hydrogen) atoms. The van der Waals surface area contributed by atoms with Gasteiger partial charge in [-0.25, -0.2) is 9.18 Å². The van der Waals surface area contributed by atoms with Crippen LogP contribution in [0.25, 0.3) is 0 Å². The first-order valence-electron chi connectivity index (χ1n) is 6.51. The predicted octanol–water partition coefficient (Wildman–Crippen LogP) is 3.67. The second-order valence-corrected chi connectivity index (χ2v) is 5.32. The highest BCUT2D eigenvalue weighted by molar-refractivity contribution is 5.46. The molecule has 0 amide bonds. The maximum Gasteiger partial charge on any atom is 0.235 e. The molecule has 0 heterocycles. The van der Waals surface area contributed by atoms with E-state index in [2.05, 4.69) is 4.99 Å². The first-order chi connectivity index (χ1) is 9.04. The van der Waals surface area contributed by atoms with Crippen molar-refractivity contribution in [3.8, 4) is 5.75 Å². The van der Waals surface area contributed by atoms with Crippen molar-refractivity contribution >= 4 is 6.08 Å². The summed E-state index contributed by atoms with van der Waals surface area (Å²) in [7, 11) is 1.53. The van der Waals surface area contributed by atoms with Crippen LogP contribution in [-0.4, -0.2) is 13.2 Å². The monoisotopic (exact) mass is 263 g/mol. The zero-order valence-electron chi connectivity index (χ0n) is 11.5. The van der Waals surface area contributed by atoms with Gasteiger partial charge >= 0.3 is 0 Å². The average molecular weight is 263 g/mol. The molecule has 1 aromatic carbocycles. The fraction of sp³-hybridized carbons (Fsp3) is 0.533. The number of aliphatic imine (C=N–C) groups is 1. The average Bonchev–Trinajstić information content (AvgIpc) is 2.32. The van der Waals surface area contributed by atoms with Crippen molar-refractivity contribution in [2.75, 3.05) is 7.11 Å². The van der Waals surface area contributed by atoms with Crippen LogP contribution in [0.5, 0.6) is 5.75 Å². The van der Waals surface area contributed by atoms with E-state index in [9.17, 15) is 9.18 Å². The molecule has 0 aromatic heterocycles. The summed E-state index contributed by atoms with van der Waals surface area (Å²) in [5.41, 5.74) is 0.683. The van der Waals surface area contributed by atoms with Gasteiger partial charge in [-0.1, -0.05) is 13.8 Å². The lowest BCUT2D eigenvalue weighted by atomic mass is 9.72. The molecule has 0 atom stereocenters. The largest absolute Gasteiger partial charge is 0.496 e. The van der Waals surface area contributed by atoms with E-state index in [4.69, 9.17) is 4.74 Å². The molecule has 0 unspecified atom stereocenters. The maximum absolute atomic E-state index is 14.3. The van der Waals surface area contributed by atoms with Gasteiger partial charge in [0.25, 0.3) is 0 Å². The fourth-order valence-corrected chi connectivity index (χ4v) is 2.65. The Morgan fingerprint density at radius 1 is 1.42 bits per heavy atom. The van der Waals surface area contributed by atoms with Crippen molar-refractivity contribution in [3.63, 3.8) is 0 Å². The van der Waals surface area contributed by atoms with Crippen LogP contribution in [0, 0.1) is 5.82 Å². The van der Waals surface area contributed by atoms with Crippen molar-refractivity contribution < 1.29 is 13.9 Å². The Kier molecular flexibility index (Phi) is 3.72. The van der Waals surface area contributed by atoms with E-state index in [1.165, 1.54) is 13.2 Å². The molecule has 0 spiro atoms. The number of halogens is 1. The van der Waals surface area contributed by atoms with Crippen molar-refractivity contribution in [2.45, 2.75) is 44.6 Å². The summed E-state index contributed by atoms with van der Waals surface area (Å²) in [6, 6.07) is 3.29. The summed E-state index contributed by atoms with van der Waals surface area (Å²) in [6.45, 7) is 3.84. The zero-order chi connectivity index (χ0) is 14.0. The van der Waals surface area contributed by atoms with Gasteiger partial charge < -0.3 is 4.74 Å². The summed E-state index contributed by atoms with van der Waals surface area (Å²) in [5.74, 6) is 0.269. The van der Waals surface area contributed by atoms with E-state index in [1.54, 1.807) is 12.1 Å². The molecule has 0 N–H and O–H groups in total. The van der Waals surface area contributed by atoms with Gasteiger partial charge in [0, 0.05) is 5.56 Å². The van der Waals surface area contributed by atoms with E-state index < -0.39 is 5.54 Å². The Balaban J connectivity index is 2.54. The Morgan fingerprint density at radius 3 is 2.53 bits per heavy atom. The quantitative estimate of drug-likeness (QED) is 0.614. The number of carbonyl (C=O) groups excluding carboxylic acids is 1. The summed E-state index contributed by atoms with van der Waals surface area (Å²) >= 11 is 0. The van der Waals surface area contributed by atoms with Crippen molar-refractivity contribution in [1.29, 1.82) is 0 Å². The molecule has 4 heteroatoms. The molecule has 3 nitrogen and oxygen atoms in total. The lowest BCUT2D eigenvalue weighted by Crippen LogP contribution is -2.32. The van der Waals surface area contributed by atoms with Gasteiger partial charge in [0.15, 0.2) is 0 Å². The predicted molar refractivity (Wildman–Crippen MR) is 70.7 cm³/mol. The Bertz CT molecular complexity index is 529. The molecule has 1 aromatic rings. The number of hydrogen-bond donors (Lipinski definition) is 0. The number of nitrogens with zero attached hydrogens (tertiary/aromatic N) is 1. The molecule has 1 aliphatic rings. The van der Waals surface area contributed by atoms with E-state index in [-0.39, 0.29) is 11.7 Å². The fourth-order valence-electron chi connectivity index (χ4n) is 2.65. The lowest BCUT2D eigenvalue weighted by Gasteiger charge is -2.37. The molecule has 1 aliphatic carbocycles. The molecule has 0 bridgehead atoms. The normalized spacial score (nSPS) is 16.7. The minimum absolute atomic E-state index is 0.0379. The third-order valence-electron chi connectivity index (χ3n) is 3.87. The van der Waals surface area contributed by atoms with Crippen molar-refractivity contribution in [3.05, 3.63) is 29.1 Å². The summed E-state index contributed by atoms with van der Waals surface area (Å²) < 4.78 is 19.5. The first-order valence-corrected chi connectivity index (χ1v) is 6.51. The van der Waals surface area contributed by atoms with Gasteiger partial charge in [0.1, 0.15) is 11.6 Å². The number of hydrogen-bond acceptors (Lipinski definition) is 3. The van der Waals surface area contributed by atoms with Crippen LogP contribution >= 0.6 is 0 Å². The molecule has 102 valence electrons. The van der Waals surface area contributed by atoms with Crippen LogP contribution < -0.4 is 4.74 Å². The van der Waals surface area contributed by atoms with Crippen LogP contribution in [0.15, 0.2) is 17.1 Å². The Morgan fingerprint density at radius 2 is 2.11 bits per heavy atom. The number of methoxy groups -OCH3 is 1. The molecule has 1 saturated carbocycles. The van der Waals surface area contributed by atoms with Crippen LogP contribution in [0.3, 0.4) is 0 Å². The minimum atomic E-state index is -0.592. The standard InChI is InChI=1S/C15H18FNO2/c1-10(2)14-12(16)7-11(8-13(14)19-3)15(17-9-18)5-4-6-15/h7-8,10H,4-6H2,1-3H3. The first kappa shape index (κ1) is 13.8. The van der Waals surface area contributed by atoms with Gasteiger partial charge in [0.2, 0.25) is 6.08 Å². The SMILES string of the molecule is COc1cc(C2(N=C=O)CCC2)cc(F)c1C(C)C. The lowest BCUT2D eigenvalue weighted by molar-refractivity contribution is 0.253. The topological polar surface area (TPSA) is 38.7 Å². The second-order valence-electron chi connectivity index (χ2n) is 5.32. The highest BCUT2D eigenvalue weighted by Gasteiger charge is 2.40. The highest BCUT2D eigenvalue weighted by atomic mass is 19.1. The second kappa shape index (κ2) is 5.14. The van der Waals surface area contributed by atoms with Crippen LogP contribution in [-0.2, 0) is 10.3 Å². The smallest absolute Gasteiger partial charge is 0.235 e. The molecule has 0 aliphatic heterocycles. The van der Waals surface area contributed by atoms with Crippen LogP contribution in [0.4, 0.5) is 4.39 Å². The van der Waals surface area contributed by atoms with Crippen molar-refractivity contribution in [1.82, 2.24) is 0 Å². The Hall–Kier alpha value is -1.67. The Labute approximate surface area is 112 Å². The van der Waals surface area contributed by atoms with Gasteiger partial charge in [0.05, 0.1) is 12.6 Å². The van der Waals surface area contributed by atoms with E-state index >= 15 is 0 Å². The molecule has 2 rings (SSSR count). The summed E-state index contributed by atoms with van der Waals surface area (Å²) in [4.78, 5) is 14.5. The third-order valence-corrected chi connectivity index (χ3v) is 3.87. The van der Waals surface area contributed by atoms with E-state index in [0.29, 0.717) is 16.9 Å². The van der Waals surface area contributed by atoms with Crippen LogP contribution in [0.2, 0.25) is 0 Å². The minimum Gasteiger partial charge on any atom is -0.496 e. The van der Waals surface area contributed by atoms with Gasteiger partial charge in [-0.15, -0.1) is 0 Å². The van der Waals surface area contributed by atoms with Gasteiger partial charge in [-0.05, 0) is 42.9 Å². The summed E-state index contributed by atoms with van der Waals surface area (Å²) in [5, 5.41) is 0.